The van der Waals surface area contributed by atoms with Gasteiger partial charge in [-0.3, -0.25) is 10.3 Å². The molecule has 0 amide bonds. The first-order valence-electron chi connectivity index (χ1n) is 8.39. The van der Waals surface area contributed by atoms with Crippen LogP contribution in [0.4, 0.5) is 4.39 Å². The number of nitrogens with one attached hydrogen (secondary N) is 2. The van der Waals surface area contributed by atoms with Gasteiger partial charge in [0.15, 0.2) is 11.6 Å². The van der Waals surface area contributed by atoms with Gasteiger partial charge < -0.3 is 9.84 Å². The van der Waals surface area contributed by atoms with Gasteiger partial charge in [-0.2, -0.15) is 0 Å². The number of benzene rings is 1. The van der Waals surface area contributed by atoms with Gasteiger partial charge in [0.2, 0.25) is 0 Å². The highest BCUT2D eigenvalue weighted by Crippen LogP contribution is 2.30. The Hall–Kier alpha value is -1.21. The predicted octanol–water partition coefficient (Wildman–Crippen LogP) is 1.45. The van der Waals surface area contributed by atoms with Crippen molar-refractivity contribution in [2.45, 2.75) is 31.3 Å². The van der Waals surface area contributed by atoms with Crippen LogP contribution in [0.1, 0.15) is 30.9 Å². The Labute approximate surface area is 136 Å². The molecule has 2 aliphatic rings. The van der Waals surface area contributed by atoms with Crippen molar-refractivity contribution in [3.05, 3.63) is 29.6 Å². The molecule has 3 N–H and O–H groups in total. The van der Waals surface area contributed by atoms with Crippen molar-refractivity contribution in [2.75, 3.05) is 33.4 Å². The normalized spacial score (nSPS) is 28.9. The second kappa shape index (κ2) is 7.57. The van der Waals surface area contributed by atoms with Crippen LogP contribution in [0.5, 0.6) is 5.75 Å². The van der Waals surface area contributed by atoms with Crippen LogP contribution in [0.3, 0.4) is 0 Å². The van der Waals surface area contributed by atoms with E-state index in [-0.39, 0.29) is 30.3 Å². The van der Waals surface area contributed by atoms with Crippen LogP contribution in [0.2, 0.25) is 0 Å². The summed E-state index contributed by atoms with van der Waals surface area (Å²) in [5.41, 5.74) is 7.39. The number of ether oxygens (including phenoxy) is 1. The van der Waals surface area contributed by atoms with Gasteiger partial charge in [0.05, 0.1) is 19.8 Å². The lowest BCUT2D eigenvalue weighted by Gasteiger charge is -2.37. The molecule has 2 saturated heterocycles. The second-order valence-corrected chi connectivity index (χ2v) is 6.48. The number of likely N-dealkylation sites (tertiary alicyclic amines) is 1. The molecule has 1 aromatic rings. The first kappa shape index (κ1) is 16.6. The van der Waals surface area contributed by atoms with Gasteiger partial charge in [0, 0.05) is 25.0 Å². The van der Waals surface area contributed by atoms with Gasteiger partial charge in [0.1, 0.15) is 0 Å². The Morgan fingerprint density at radius 3 is 3.00 bits per heavy atom. The zero-order valence-electron chi connectivity index (χ0n) is 13.6. The van der Waals surface area contributed by atoms with Crippen LogP contribution in [0.25, 0.3) is 0 Å². The molecule has 2 fully saturated rings. The van der Waals surface area contributed by atoms with E-state index in [1.165, 1.54) is 20.0 Å². The summed E-state index contributed by atoms with van der Waals surface area (Å²) in [6, 6.07) is 5.48. The molecule has 2 heterocycles. The summed E-state index contributed by atoms with van der Waals surface area (Å²) in [4.78, 5) is 2.38. The van der Waals surface area contributed by atoms with E-state index in [4.69, 9.17) is 4.74 Å². The topological polar surface area (TPSA) is 56.8 Å². The Morgan fingerprint density at radius 2 is 2.26 bits per heavy atom. The lowest BCUT2D eigenvalue weighted by Crippen LogP contribution is -2.45. The molecule has 5 nitrogen and oxygen atoms in total. The lowest BCUT2D eigenvalue weighted by atomic mass is 9.92. The number of hydrogen-bond acceptors (Lipinski definition) is 5. The molecule has 1 aromatic carbocycles. The van der Waals surface area contributed by atoms with Crippen LogP contribution in [0, 0.1) is 11.7 Å². The van der Waals surface area contributed by atoms with Crippen LogP contribution in [-0.4, -0.2) is 49.4 Å². The van der Waals surface area contributed by atoms with Crippen LogP contribution in [0.15, 0.2) is 18.2 Å². The third kappa shape index (κ3) is 3.66. The molecule has 0 radical (unpaired) electrons. The van der Waals surface area contributed by atoms with Crippen molar-refractivity contribution in [3.8, 4) is 5.75 Å². The standard InChI is InChI=1S/C17H26FN3O2/c1-23-16-6-5-12(8-15(16)18)17-13(9-19-20-17)10-21-7-3-2-4-14(21)11-22/h5-6,8,13-14,17,19-20,22H,2-4,7,9-11H2,1H3. The zero-order chi connectivity index (χ0) is 16.2. The fourth-order valence-corrected chi connectivity index (χ4v) is 3.75. The lowest BCUT2D eigenvalue weighted by molar-refractivity contribution is 0.0754. The van der Waals surface area contributed by atoms with Crippen molar-refractivity contribution in [3.63, 3.8) is 0 Å². The molecule has 3 unspecified atom stereocenters. The van der Waals surface area contributed by atoms with E-state index in [1.54, 1.807) is 12.1 Å². The Morgan fingerprint density at radius 1 is 1.39 bits per heavy atom. The molecule has 0 aromatic heterocycles. The highest BCUT2D eigenvalue weighted by Gasteiger charge is 2.32. The van der Waals surface area contributed by atoms with Gasteiger partial charge in [-0.1, -0.05) is 12.5 Å². The molecule has 23 heavy (non-hydrogen) atoms. The van der Waals surface area contributed by atoms with Gasteiger partial charge >= 0.3 is 0 Å². The fourth-order valence-electron chi connectivity index (χ4n) is 3.75. The Balaban J connectivity index is 1.71. The number of nitrogens with zero attached hydrogens (tertiary/aromatic N) is 1. The number of halogens is 1. The fraction of sp³-hybridized carbons (Fsp3) is 0.647. The van der Waals surface area contributed by atoms with E-state index >= 15 is 0 Å². The average molecular weight is 323 g/mol. The van der Waals surface area contributed by atoms with Crippen molar-refractivity contribution >= 4 is 0 Å². The Bertz CT molecular complexity index is 529. The molecule has 6 heteroatoms. The van der Waals surface area contributed by atoms with Crippen LogP contribution < -0.4 is 15.6 Å². The highest BCUT2D eigenvalue weighted by atomic mass is 19.1. The number of methoxy groups -OCH3 is 1. The average Bonchev–Trinajstić information content (AvgIpc) is 3.03. The molecule has 0 saturated carbocycles. The largest absolute Gasteiger partial charge is 0.494 e. The van der Waals surface area contributed by atoms with Gasteiger partial charge in [0.25, 0.3) is 0 Å². The minimum absolute atomic E-state index is 0.0664. The number of hydrogen-bond donors (Lipinski definition) is 3. The Kier molecular flexibility index (Phi) is 5.48. The van der Waals surface area contributed by atoms with Gasteiger partial charge in [-0.05, 0) is 37.1 Å². The third-order valence-electron chi connectivity index (χ3n) is 5.06. The SMILES string of the molecule is COc1ccc(C2NNCC2CN2CCCCC2CO)cc1F. The van der Waals surface area contributed by atoms with Gasteiger partial charge in [-0.25, -0.2) is 9.82 Å². The molecular weight excluding hydrogens is 297 g/mol. The minimum Gasteiger partial charge on any atom is -0.494 e. The summed E-state index contributed by atoms with van der Waals surface area (Å²) in [6.07, 6.45) is 3.44. The smallest absolute Gasteiger partial charge is 0.165 e. The maximum Gasteiger partial charge on any atom is 0.165 e. The van der Waals surface area contributed by atoms with E-state index < -0.39 is 0 Å². The molecular formula is C17H26FN3O2. The van der Waals surface area contributed by atoms with Crippen LogP contribution >= 0.6 is 0 Å². The number of hydrazine groups is 1. The molecule has 2 aliphatic heterocycles. The monoisotopic (exact) mass is 323 g/mol. The maximum absolute atomic E-state index is 14.0. The zero-order valence-corrected chi connectivity index (χ0v) is 13.6. The number of rotatable bonds is 5. The maximum atomic E-state index is 14.0. The number of aliphatic hydroxyl groups is 1. The van der Waals surface area contributed by atoms with Crippen molar-refractivity contribution in [1.82, 2.24) is 15.8 Å². The van der Waals surface area contributed by atoms with E-state index in [9.17, 15) is 9.50 Å². The molecule has 0 bridgehead atoms. The summed E-state index contributed by atoms with van der Waals surface area (Å²) in [5, 5.41) is 9.58. The van der Waals surface area contributed by atoms with E-state index in [0.717, 1.165) is 31.6 Å². The van der Waals surface area contributed by atoms with Gasteiger partial charge in [-0.15, -0.1) is 0 Å². The minimum atomic E-state index is -0.330. The van der Waals surface area contributed by atoms with E-state index in [0.29, 0.717) is 5.92 Å². The van der Waals surface area contributed by atoms with Crippen molar-refractivity contribution in [2.24, 2.45) is 5.92 Å². The summed E-state index contributed by atoms with van der Waals surface area (Å²) >= 11 is 0. The summed E-state index contributed by atoms with van der Waals surface area (Å²) in [7, 11) is 1.47. The second-order valence-electron chi connectivity index (χ2n) is 6.48. The van der Waals surface area contributed by atoms with Crippen molar-refractivity contribution in [1.29, 1.82) is 0 Å². The predicted molar refractivity (Wildman–Crippen MR) is 86.6 cm³/mol. The van der Waals surface area contributed by atoms with E-state index in [1.807, 2.05) is 6.07 Å². The summed E-state index contributed by atoms with van der Waals surface area (Å²) in [5.74, 6) is 0.284. The molecule has 0 aliphatic carbocycles. The van der Waals surface area contributed by atoms with Crippen LogP contribution in [-0.2, 0) is 0 Å². The van der Waals surface area contributed by atoms with Crippen molar-refractivity contribution < 1.29 is 14.2 Å². The quantitative estimate of drug-likeness (QED) is 0.766. The molecule has 128 valence electrons. The van der Waals surface area contributed by atoms with E-state index in [2.05, 4.69) is 15.8 Å². The summed E-state index contributed by atoms with van der Waals surface area (Å²) in [6.45, 7) is 3.00. The molecule has 0 spiro atoms. The molecule has 3 rings (SSSR count). The highest BCUT2D eigenvalue weighted by molar-refractivity contribution is 5.31. The first-order chi connectivity index (χ1) is 11.2. The molecule has 3 atom stereocenters. The third-order valence-corrected chi connectivity index (χ3v) is 5.06. The number of aliphatic hydroxyl groups excluding tert-OH is 1. The number of piperidine rings is 1. The first-order valence-corrected chi connectivity index (χ1v) is 8.39. The summed E-state index contributed by atoms with van der Waals surface area (Å²) < 4.78 is 19.0.